The molecule has 0 aromatic heterocycles. The van der Waals surface area contributed by atoms with Crippen LogP contribution >= 0.6 is 0 Å². The van der Waals surface area contributed by atoms with Crippen LogP contribution in [0.5, 0.6) is 0 Å². The number of carbonyl (C=O) groups is 1. The molecule has 1 atom stereocenters. The first-order valence-corrected chi connectivity index (χ1v) is 5.79. The minimum atomic E-state index is -0.473. The molecule has 0 rings (SSSR count). The van der Waals surface area contributed by atoms with Crippen LogP contribution in [0.15, 0.2) is 0 Å². The summed E-state index contributed by atoms with van der Waals surface area (Å²) in [6.07, 6.45) is 1.20. The Hall–Kier alpha value is -1.28. The number of nitrogens with zero attached hydrogens (tertiary/aromatic N) is 1. The summed E-state index contributed by atoms with van der Waals surface area (Å²) in [6.45, 7) is 8.04. The third-order valence-corrected chi connectivity index (χ3v) is 1.86. The van der Waals surface area contributed by atoms with E-state index in [4.69, 9.17) is 14.7 Å². The maximum atomic E-state index is 11.4. The molecule has 1 amide bonds. The van der Waals surface area contributed by atoms with Gasteiger partial charge in [0.2, 0.25) is 0 Å². The quantitative estimate of drug-likeness (QED) is 0.725. The summed E-state index contributed by atoms with van der Waals surface area (Å²) in [5.74, 6) is 0. The van der Waals surface area contributed by atoms with Crippen LogP contribution in [-0.2, 0) is 9.47 Å². The first kappa shape index (κ1) is 15.7. The molecule has 17 heavy (non-hydrogen) atoms. The standard InChI is InChI=1S/C12H22N2O3/c1-10(6-5-8-16-9-7-13)14-11(15)17-12(2,3)4/h10H,5-6,8-9H2,1-4H3,(H,14,15)/t10-/m0/s1. The number of nitrogens with one attached hydrogen (secondary N) is 1. The van der Waals surface area contributed by atoms with Crippen molar-refractivity contribution in [3.63, 3.8) is 0 Å². The fraction of sp³-hybridized carbons (Fsp3) is 0.833. The van der Waals surface area contributed by atoms with Crippen molar-refractivity contribution >= 4 is 6.09 Å². The zero-order valence-corrected chi connectivity index (χ0v) is 11.1. The molecular formula is C12H22N2O3. The van der Waals surface area contributed by atoms with E-state index in [-0.39, 0.29) is 12.6 Å². The summed E-state index contributed by atoms with van der Waals surface area (Å²) in [6, 6.07) is 1.94. The number of carbonyl (C=O) groups excluding carboxylic acids is 1. The maximum Gasteiger partial charge on any atom is 0.407 e. The van der Waals surface area contributed by atoms with Crippen LogP contribution in [-0.4, -0.2) is 30.9 Å². The number of nitriles is 1. The summed E-state index contributed by atoms with van der Waals surface area (Å²) in [4.78, 5) is 11.4. The van der Waals surface area contributed by atoms with Crippen molar-refractivity contribution in [2.45, 2.75) is 52.2 Å². The maximum absolute atomic E-state index is 11.4. The highest BCUT2D eigenvalue weighted by molar-refractivity contribution is 5.67. The Balaban J connectivity index is 3.62. The van der Waals surface area contributed by atoms with Crippen molar-refractivity contribution in [1.29, 1.82) is 5.26 Å². The molecular weight excluding hydrogens is 220 g/mol. The Bertz CT molecular complexity index is 266. The lowest BCUT2D eigenvalue weighted by Gasteiger charge is -2.21. The molecule has 0 aromatic carbocycles. The van der Waals surface area contributed by atoms with Crippen molar-refractivity contribution in [3.8, 4) is 6.07 Å². The smallest absolute Gasteiger partial charge is 0.407 e. The molecule has 0 aliphatic carbocycles. The molecule has 0 aromatic rings. The molecule has 1 N–H and O–H groups in total. The Morgan fingerprint density at radius 2 is 2.12 bits per heavy atom. The van der Waals surface area contributed by atoms with E-state index < -0.39 is 11.7 Å². The first-order chi connectivity index (χ1) is 7.85. The van der Waals surface area contributed by atoms with Crippen LogP contribution in [0.3, 0.4) is 0 Å². The lowest BCUT2D eigenvalue weighted by atomic mass is 10.2. The van der Waals surface area contributed by atoms with Gasteiger partial charge >= 0.3 is 6.09 Å². The van der Waals surface area contributed by atoms with Gasteiger partial charge in [0.25, 0.3) is 0 Å². The Morgan fingerprint density at radius 1 is 1.47 bits per heavy atom. The van der Waals surface area contributed by atoms with Crippen LogP contribution in [0.4, 0.5) is 4.79 Å². The monoisotopic (exact) mass is 242 g/mol. The molecule has 0 radical (unpaired) electrons. The van der Waals surface area contributed by atoms with Crippen molar-refractivity contribution in [2.75, 3.05) is 13.2 Å². The molecule has 5 heteroatoms. The average Bonchev–Trinajstić information content (AvgIpc) is 2.14. The van der Waals surface area contributed by atoms with E-state index in [2.05, 4.69) is 5.32 Å². The number of alkyl carbamates (subject to hydrolysis) is 1. The third kappa shape index (κ3) is 11.0. The van der Waals surface area contributed by atoms with Crippen LogP contribution < -0.4 is 5.32 Å². The summed E-state index contributed by atoms with van der Waals surface area (Å²) in [5, 5.41) is 11.0. The summed E-state index contributed by atoms with van der Waals surface area (Å²) < 4.78 is 10.1. The minimum absolute atomic E-state index is 0.0375. The van der Waals surface area contributed by atoms with Crippen LogP contribution in [0.2, 0.25) is 0 Å². The molecule has 0 aliphatic heterocycles. The predicted octanol–water partition coefficient (Wildman–Crippen LogP) is 2.22. The average molecular weight is 242 g/mol. The fourth-order valence-electron chi connectivity index (χ4n) is 1.19. The van der Waals surface area contributed by atoms with E-state index >= 15 is 0 Å². The normalized spacial score (nSPS) is 12.6. The lowest BCUT2D eigenvalue weighted by molar-refractivity contribution is 0.0503. The van der Waals surface area contributed by atoms with E-state index in [1.54, 1.807) is 0 Å². The lowest BCUT2D eigenvalue weighted by Crippen LogP contribution is -2.37. The predicted molar refractivity (Wildman–Crippen MR) is 64.5 cm³/mol. The van der Waals surface area contributed by atoms with Crippen molar-refractivity contribution in [1.82, 2.24) is 5.32 Å². The summed E-state index contributed by atoms with van der Waals surface area (Å²) >= 11 is 0. The largest absolute Gasteiger partial charge is 0.444 e. The van der Waals surface area contributed by atoms with Crippen molar-refractivity contribution in [2.24, 2.45) is 0 Å². The minimum Gasteiger partial charge on any atom is -0.444 e. The highest BCUT2D eigenvalue weighted by atomic mass is 16.6. The first-order valence-electron chi connectivity index (χ1n) is 5.79. The van der Waals surface area contributed by atoms with E-state index in [0.29, 0.717) is 6.61 Å². The van der Waals surface area contributed by atoms with Gasteiger partial charge in [-0.2, -0.15) is 5.26 Å². The number of rotatable bonds is 6. The molecule has 0 spiro atoms. The van der Waals surface area contributed by atoms with Gasteiger partial charge in [-0.25, -0.2) is 4.79 Å². The third-order valence-electron chi connectivity index (χ3n) is 1.86. The Kier molecular flexibility index (Phi) is 7.31. The second kappa shape index (κ2) is 7.91. The molecule has 98 valence electrons. The van der Waals surface area contributed by atoms with E-state index in [1.165, 1.54) is 0 Å². The molecule has 0 saturated carbocycles. The van der Waals surface area contributed by atoms with Gasteiger partial charge in [0.1, 0.15) is 12.2 Å². The highest BCUT2D eigenvalue weighted by Gasteiger charge is 2.17. The van der Waals surface area contributed by atoms with Crippen LogP contribution in [0, 0.1) is 11.3 Å². The van der Waals surface area contributed by atoms with Gasteiger partial charge in [0.15, 0.2) is 0 Å². The summed E-state index contributed by atoms with van der Waals surface area (Å²) in [7, 11) is 0. The van der Waals surface area contributed by atoms with Gasteiger partial charge in [-0.05, 0) is 40.5 Å². The van der Waals surface area contributed by atoms with Crippen LogP contribution in [0.25, 0.3) is 0 Å². The molecule has 0 unspecified atom stereocenters. The Labute approximate surface area is 103 Å². The molecule has 0 fully saturated rings. The van der Waals surface area contributed by atoms with Crippen molar-refractivity contribution in [3.05, 3.63) is 0 Å². The number of hydrogen-bond acceptors (Lipinski definition) is 4. The Morgan fingerprint density at radius 3 is 2.65 bits per heavy atom. The zero-order valence-electron chi connectivity index (χ0n) is 11.1. The van der Waals surface area contributed by atoms with Gasteiger partial charge in [-0.1, -0.05) is 0 Å². The van der Waals surface area contributed by atoms with Crippen molar-refractivity contribution < 1.29 is 14.3 Å². The van der Waals surface area contributed by atoms with E-state index in [0.717, 1.165) is 12.8 Å². The molecule has 0 bridgehead atoms. The highest BCUT2D eigenvalue weighted by Crippen LogP contribution is 2.07. The van der Waals surface area contributed by atoms with Gasteiger partial charge in [-0.15, -0.1) is 0 Å². The topological polar surface area (TPSA) is 71.3 Å². The SMILES string of the molecule is C[C@@H](CCCOCC#N)NC(=O)OC(C)(C)C. The second-order valence-corrected chi connectivity index (χ2v) is 4.90. The van der Waals surface area contributed by atoms with E-state index in [1.807, 2.05) is 33.8 Å². The van der Waals surface area contributed by atoms with Crippen LogP contribution in [0.1, 0.15) is 40.5 Å². The number of hydrogen-bond donors (Lipinski definition) is 1. The second-order valence-electron chi connectivity index (χ2n) is 4.90. The molecule has 0 aliphatic rings. The van der Waals surface area contributed by atoms with Gasteiger partial charge < -0.3 is 14.8 Å². The number of ether oxygens (including phenoxy) is 2. The summed E-state index contributed by atoms with van der Waals surface area (Å²) in [5.41, 5.74) is -0.473. The number of amides is 1. The molecule has 0 heterocycles. The molecule has 5 nitrogen and oxygen atoms in total. The van der Waals surface area contributed by atoms with Gasteiger partial charge in [0, 0.05) is 12.6 Å². The fourth-order valence-corrected chi connectivity index (χ4v) is 1.19. The zero-order chi connectivity index (χ0) is 13.3. The van der Waals surface area contributed by atoms with E-state index in [9.17, 15) is 4.79 Å². The van der Waals surface area contributed by atoms with Gasteiger partial charge in [0.05, 0.1) is 6.07 Å². The molecule has 0 saturated heterocycles. The van der Waals surface area contributed by atoms with Gasteiger partial charge in [-0.3, -0.25) is 0 Å².